The molecule has 1 fully saturated rings. The van der Waals surface area contributed by atoms with Gasteiger partial charge in [0.2, 0.25) is 0 Å². The van der Waals surface area contributed by atoms with Crippen molar-refractivity contribution in [1.29, 1.82) is 0 Å². The molecule has 1 aliphatic rings. The normalized spacial score (nSPS) is 17.9. The van der Waals surface area contributed by atoms with Gasteiger partial charge in [-0.05, 0) is 38.8 Å². The van der Waals surface area contributed by atoms with Gasteiger partial charge in [0.1, 0.15) is 0 Å². The van der Waals surface area contributed by atoms with Gasteiger partial charge in [-0.15, -0.1) is 0 Å². The zero-order valence-electron chi connectivity index (χ0n) is 15.3. The molecule has 2 heterocycles. The first kappa shape index (κ1) is 18.7. The minimum absolute atomic E-state index is 0.400. The van der Waals surface area contributed by atoms with E-state index in [1.54, 1.807) is 0 Å². The van der Waals surface area contributed by atoms with Crippen LogP contribution in [0.4, 0.5) is 0 Å². The van der Waals surface area contributed by atoms with Gasteiger partial charge in [-0.1, -0.05) is 6.92 Å². The minimum atomic E-state index is 0.400. The fraction of sp³-hybridized carbons (Fsp3) is 0.765. The molecule has 1 atom stereocenters. The number of ether oxygens (including phenoxy) is 1. The Hall–Kier alpha value is -1.60. The van der Waals surface area contributed by atoms with Gasteiger partial charge < -0.3 is 15.8 Å². The molecule has 1 saturated heterocycles. The molecule has 2 rings (SSSR count). The van der Waals surface area contributed by atoms with Gasteiger partial charge in [0.25, 0.3) is 0 Å². The van der Waals surface area contributed by atoms with Crippen molar-refractivity contribution >= 4 is 5.96 Å². The van der Waals surface area contributed by atoms with E-state index >= 15 is 0 Å². The Morgan fingerprint density at radius 1 is 1.42 bits per heavy atom. The number of morpholine rings is 1. The van der Waals surface area contributed by atoms with Gasteiger partial charge in [0, 0.05) is 38.4 Å². The standard InChI is InChI=1S/C17H32N6O/c1-14(13-23-16(3)11-15(2)21-23)12-20-17(18)19-5-4-6-22-7-9-24-10-8-22/h11,14H,4-10,12-13H2,1-3H3,(H3,18,19,20). The van der Waals surface area contributed by atoms with Gasteiger partial charge in [-0.2, -0.15) is 5.10 Å². The maximum absolute atomic E-state index is 5.95. The fourth-order valence-corrected chi connectivity index (χ4v) is 2.87. The Balaban J connectivity index is 1.61. The van der Waals surface area contributed by atoms with E-state index in [0.29, 0.717) is 18.4 Å². The summed E-state index contributed by atoms with van der Waals surface area (Å²) in [6.45, 7) is 13.6. The molecule has 7 heteroatoms. The van der Waals surface area contributed by atoms with Gasteiger partial charge in [-0.3, -0.25) is 14.6 Å². The van der Waals surface area contributed by atoms with Gasteiger partial charge in [0.05, 0.1) is 18.9 Å². The molecule has 1 aromatic heterocycles. The van der Waals surface area contributed by atoms with Crippen molar-refractivity contribution in [3.8, 4) is 0 Å². The molecule has 24 heavy (non-hydrogen) atoms. The molecule has 136 valence electrons. The van der Waals surface area contributed by atoms with Gasteiger partial charge in [0.15, 0.2) is 5.96 Å². The van der Waals surface area contributed by atoms with Crippen molar-refractivity contribution in [3.05, 3.63) is 17.5 Å². The highest BCUT2D eigenvalue weighted by atomic mass is 16.5. The van der Waals surface area contributed by atoms with Crippen molar-refractivity contribution < 1.29 is 4.74 Å². The summed E-state index contributed by atoms with van der Waals surface area (Å²) in [5.41, 5.74) is 8.20. The predicted octanol–water partition coefficient (Wildman–Crippen LogP) is 0.763. The summed E-state index contributed by atoms with van der Waals surface area (Å²) < 4.78 is 7.39. The topological polar surface area (TPSA) is 80.7 Å². The Labute approximate surface area is 145 Å². The lowest BCUT2D eigenvalue weighted by Crippen LogP contribution is -2.39. The lowest BCUT2D eigenvalue weighted by atomic mass is 10.2. The van der Waals surface area contributed by atoms with E-state index in [1.165, 1.54) is 5.69 Å². The van der Waals surface area contributed by atoms with Crippen molar-refractivity contribution in [2.45, 2.75) is 33.7 Å². The van der Waals surface area contributed by atoms with E-state index in [2.05, 4.69) is 40.2 Å². The molecule has 1 aliphatic heterocycles. The van der Waals surface area contributed by atoms with E-state index in [-0.39, 0.29) is 0 Å². The molecule has 0 amide bonds. The molecule has 0 aromatic carbocycles. The summed E-state index contributed by atoms with van der Waals surface area (Å²) in [6, 6.07) is 2.10. The molecule has 0 bridgehead atoms. The Kier molecular flexibility index (Phi) is 7.52. The summed E-state index contributed by atoms with van der Waals surface area (Å²) in [6.07, 6.45) is 1.07. The summed E-state index contributed by atoms with van der Waals surface area (Å²) in [7, 11) is 0. The Bertz CT molecular complexity index is 521. The molecule has 1 unspecified atom stereocenters. The summed E-state index contributed by atoms with van der Waals surface area (Å²) in [4.78, 5) is 6.88. The molecule has 3 N–H and O–H groups in total. The third kappa shape index (κ3) is 6.49. The molecular formula is C17H32N6O. The van der Waals surface area contributed by atoms with Crippen LogP contribution in [0.1, 0.15) is 24.7 Å². The maximum Gasteiger partial charge on any atom is 0.188 e. The highest BCUT2D eigenvalue weighted by Crippen LogP contribution is 2.06. The first-order chi connectivity index (χ1) is 11.5. The average Bonchev–Trinajstić information content (AvgIpc) is 2.88. The maximum atomic E-state index is 5.95. The molecule has 0 radical (unpaired) electrons. The van der Waals surface area contributed by atoms with Crippen molar-refractivity contribution in [2.75, 3.05) is 45.9 Å². The van der Waals surface area contributed by atoms with E-state index < -0.39 is 0 Å². The molecular weight excluding hydrogens is 304 g/mol. The van der Waals surface area contributed by atoms with Crippen LogP contribution in [0.3, 0.4) is 0 Å². The van der Waals surface area contributed by atoms with E-state index in [1.807, 2.05) is 11.6 Å². The number of rotatable bonds is 8. The number of guanidine groups is 1. The van der Waals surface area contributed by atoms with Gasteiger partial charge >= 0.3 is 0 Å². The van der Waals surface area contributed by atoms with Gasteiger partial charge in [-0.25, -0.2) is 0 Å². The van der Waals surface area contributed by atoms with Crippen LogP contribution in [0, 0.1) is 19.8 Å². The molecule has 0 aliphatic carbocycles. The van der Waals surface area contributed by atoms with Crippen molar-refractivity contribution in [1.82, 2.24) is 20.0 Å². The number of aryl methyl sites for hydroxylation is 2. The van der Waals surface area contributed by atoms with Crippen LogP contribution in [0.2, 0.25) is 0 Å². The monoisotopic (exact) mass is 336 g/mol. The first-order valence-corrected chi connectivity index (χ1v) is 8.89. The van der Waals surface area contributed by atoms with Crippen LogP contribution in [-0.4, -0.2) is 66.6 Å². The number of hydrogen-bond acceptors (Lipinski definition) is 4. The molecule has 1 aromatic rings. The molecule has 0 spiro atoms. The quantitative estimate of drug-likeness (QED) is 0.416. The van der Waals surface area contributed by atoms with Crippen LogP contribution in [-0.2, 0) is 11.3 Å². The van der Waals surface area contributed by atoms with Crippen molar-refractivity contribution in [3.63, 3.8) is 0 Å². The van der Waals surface area contributed by atoms with Crippen LogP contribution in [0.15, 0.2) is 11.1 Å². The smallest absolute Gasteiger partial charge is 0.188 e. The zero-order valence-corrected chi connectivity index (χ0v) is 15.3. The average molecular weight is 336 g/mol. The fourth-order valence-electron chi connectivity index (χ4n) is 2.87. The van der Waals surface area contributed by atoms with E-state index in [4.69, 9.17) is 10.5 Å². The second-order valence-electron chi connectivity index (χ2n) is 6.67. The second kappa shape index (κ2) is 9.64. The SMILES string of the molecule is Cc1cc(C)n(CC(C)CN=C(N)NCCCN2CCOCC2)n1. The van der Waals surface area contributed by atoms with E-state index in [0.717, 1.165) is 58.1 Å². The number of nitrogens with zero attached hydrogens (tertiary/aromatic N) is 4. The lowest BCUT2D eigenvalue weighted by Gasteiger charge is -2.26. The second-order valence-corrected chi connectivity index (χ2v) is 6.67. The third-order valence-corrected chi connectivity index (χ3v) is 4.22. The highest BCUT2D eigenvalue weighted by Gasteiger charge is 2.09. The predicted molar refractivity (Wildman–Crippen MR) is 97.2 cm³/mol. The summed E-state index contributed by atoms with van der Waals surface area (Å²) in [5.74, 6) is 0.939. The number of nitrogens with two attached hydrogens (primary N) is 1. The van der Waals surface area contributed by atoms with Crippen LogP contribution >= 0.6 is 0 Å². The Morgan fingerprint density at radius 2 is 2.17 bits per heavy atom. The number of aliphatic imine (C=N–C) groups is 1. The first-order valence-electron chi connectivity index (χ1n) is 8.89. The van der Waals surface area contributed by atoms with Crippen LogP contribution in [0.5, 0.6) is 0 Å². The van der Waals surface area contributed by atoms with E-state index in [9.17, 15) is 0 Å². The summed E-state index contributed by atoms with van der Waals surface area (Å²) in [5, 5.41) is 7.69. The number of nitrogens with one attached hydrogen (secondary N) is 1. The van der Waals surface area contributed by atoms with Crippen molar-refractivity contribution in [2.24, 2.45) is 16.6 Å². The van der Waals surface area contributed by atoms with Crippen LogP contribution in [0.25, 0.3) is 0 Å². The molecule has 7 nitrogen and oxygen atoms in total. The largest absolute Gasteiger partial charge is 0.379 e. The van der Waals surface area contributed by atoms with Crippen LogP contribution < -0.4 is 11.1 Å². The highest BCUT2D eigenvalue weighted by molar-refractivity contribution is 5.77. The summed E-state index contributed by atoms with van der Waals surface area (Å²) >= 11 is 0. The molecule has 0 saturated carbocycles. The Morgan fingerprint density at radius 3 is 2.83 bits per heavy atom. The zero-order chi connectivity index (χ0) is 17.4. The lowest BCUT2D eigenvalue weighted by molar-refractivity contribution is 0.0376. The number of hydrogen-bond donors (Lipinski definition) is 2. The minimum Gasteiger partial charge on any atom is -0.379 e. The number of aromatic nitrogens is 2. The third-order valence-electron chi connectivity index (χ3n) is 4.22.